The molecule has 3 nitrogen and oxygen atoms in total. The van der Waals surface area contributed by atoms with Gasteiger partial charge in [-0.05, 0) is 43.3 Å². The van der Waals surface area contributed by atoms with Crippen LogP contribution in [0.5, 0.6) is 5.75 Å². The van der Waals surface area contributed by atoms with Gasteiger partial charge in [-0.2, -0.15) is 0 Å². The Bertz CT molecular complexity index is 479. The monoisotopic (exact) mass is 259 g/mol. The minimum Gasteiger partial charge on any atom is -0.494 e. The first-order valence-corrected chi connectivity index (χ1v) is 6.82. The zero-order valence-corrected chi connectivity index (χ0v) is 11.6. The van der Waals surface area contributed by atoms with Crippen molar-refractivity contribution in [2.24, 2.45) is 0 Å². The van der Waals surface area contributed by atoms with Gasteiger partial charge in [0.05, 0.1) is 12.9 Å². The van der Waals surface area contributed by atoms with Gasteiger partial charge in [0.25, 0.3) is 0 Å². The van der Waals surface area contributed by atoms with Gasteiger partial charge in [-0.15, -0.1) is 0 Å². The minimum absolute atomic E-state index is 0.247. The van der Waals surface area contributed by atoms with E-state index in [1.54, 1.807) is 6.26 Å². The molecule has 1 unspecified atom stereocenters. The average Bonchev–Trinajstić information content (AvgIpc) is 2.92. The van der Waals surface area contributed by atoms with Crippen LogP contribution in [0.2, 0.25) is 0 Å². The van der Waals surface area contributed by atoms with Crippen molar-refractivity contribution >= 4 is 0 Å². The second kappa shape index (κ2) is 7.00. The fourth-order valence-electron chi connectivity index (χ4n) is 2.17. The molecule has 1 aromatic carbocycles. The van der Waals surface area contributed by atoms with Crippen LogP contribution >= 0.6 is 0 Å². The molecule has 0 saturated heterocycles. The Labute approximate surface area is 114 Å². The van der Waals surface area contributed by atoms with Crippen LogP contribution in [0.1, 0.15) is 31.2 Å². The molecule has 0 saturated carbocycles. The molecule has 1 heterocycles. The average molecular weight is 259 g/mol. The van der Waals surface area contributed by atoms with E-state index in [1.165, 1.54) is 5.56 Å². The van der Waals surface area contributed by atoms with E-state index in [2.05, 4.69) is 24.4 Å². The summed E-state index contributed by atoms with van der Waals surface area (Å²) in [5.41, 5.74) is 1.23. The lowest BCUT2D eigenvalue weighted by atomic mass is 10.0. The lowest BCUT2D eigenvalue weighted by Crippen LogP contribution is -2.22. The number of nitrogens with one attached hydrogen (secondary N) is 1. The summed E-state index contributed by atoms with van der Waals surface area (Å²) in [5.74, 6) is 1.91. The van der Waals surface area contributed by atoms with Crippen LogP contribution in [0, 0.1) is 0 Å². The Morgan fingerprint density at radius 3 is 2.79 bits per heavy atom. The fourth-order valence-corrected chi connectivity index (χ4v) is 2.17. The van der Waals surface area contributed by atoms with Crippen molar-refractivity contribution in [2.75, 3.05) is 13.2 Å². The molecule has 19 heavy (non-hydrogen) atoms. The Morgan fingerprint density at radius 1 is 1.21 bits per heavy atom. The Kier molecular flexibility index (Phi) is 5.04. The van der Waals surface area contributed by atoms with Crippen LogP contribution < -0.4 is 10.1 Å². The zero-order valence-electron chi connectivity index (χ0n) is 11.6. The highest BCUT2D eigenvalue weighted by Crippen LogP contribution is 2.22. The van der Waals surface area contributed by atoms with Crippen LogP contribution in [0.15, 0.2) is 47.1 Å². The molecule has 0 fully saturated rings. The summed E-state index contributed by atoms with van der Waals surface area (Å²) in [5, 5.41) is 3.49. The Balaban J connectivity index is 2.15. The van der Waals surface area contributed by atoms with Gasteiger partial charge in [0.15, 0.2) is 0 Å². The van der Waals surface area contributed by atoms with Crippen LogP contribution in [0.3, 0.4) is 0 Å². The van der Waals surface area contributed by atoms with Crippen LogP contribution in [0.25, 0.3) is 0 Å². The zero-order chi connectivity index (χ0) is 13.5. The first kappa shape index (κ1) is 13.7. The summed E-state index contributed by atoms with van der Waals surface area (Å²) in [7, 11) is 0. The molecular weight excluding hydrogens is 238 g/mol. The smallest absolute Gasteiger partial charge is 0.119 e. The standard InChI is InChI=1S/C16H21NO2/c1-3-17-16(12-15-9-6-10-19-15)13-7-5-8-14(11-13)18-4-2/h5-11,16-17H,3-4,12H2,1-2H3. The number of furan rings is 1. The number of hydrogen-bond donors (Lipinski definition) is 1. The number of ether oxygens (including phenoxy) is 1. The molecule has 0 aliphatic carbocycles. The quantitative estimate of drug-likeness (QED) is 0.825. The van der Waals surface area contributed by atoms with E-state index in [0.717, 1.165) is 24.5 Å². The predicted molar refractivity (Wildman–Crippen MR) is 76.4 cm³/mol. The van der Waals surface area contributed by atoms with Gasteiger partial charge in [0.2, 0.25) is 0 Å². The van der Waals surface area contributed by atoms with Crippen LogP contribution in [-0.4, -0.2) is 13.2 Å². The third kappa shape index (κ3) is 3.86. The maximum absolute atomic E-state index is 5.56. The number of rotatable bonds is 7. The van der Waals surface area contributed by atoms with E-state index >= 15 is 0 Å². The van der Waals surface area contributed by atoms with Crippen molar-refractivity contribution in [2.45, 2.75) is 26.3 Å². The van der Waals surface area contributed by atoms with Gasteiger partial charge in [0, 0.05) is 12.5 Å². The van der Waals surface area contributed by atoms with Gasteiger partial charge in [-0.3, -0.25) is 0 Å². The molecule has 0 radical (unpaired) electrons. The maximum Gasteiger partial charge on any atom is 0.119 e. The molecule has 0 aliphatic rings. The van der Waals surface area contributed by atoms with Gasteiger partial charge in [0.1, 0.15) is 11.5 Å². The second-order valence-electron chi connectivity index (χ2n) is 4.40. The Morgan fingerprint density at radius 2 is 2.11 bits per heavy atom. The summed E-state index contributed by atoms with van der Waals surface area (Å²) in [6.07, 6.45) is 2.56. The minimum atomic E-state index is 0.247. The third-order valence-corrected chi connectivity index (χ3v) is 3.01. The lowest BCUT2D eigenvalue weighted by molar-refractivity contribution is 0.339. The lowest BCUT2D eigenvalue weighted by Gasteiger charge is -2.18. The van der Waals surface area contributed by atoms with Crippen molar-refractivity contribution in [3.8, 4) is 5.75 Å². The van der Waals surface area contributed by atoms with Gasteiger partial charge in [-0.1, -0.05) is 19.1 Å². The first-order valence-electron chi connectivity index (χ1n) is 6.82. The summed E-state index contributed by atoms with van der Waals surface area (Å²) >= 11 is 0. The normalized spacial score (nSPS) is 12.3. The SMILES string of the molecule is CCNC(Cc1ccco1)c1cccc(OCC)c1. The molecule has 1 aromatic heterocycles. The summed E-state index contributed by atoms with van der Waals surface area (Å²) < 4.78 is 11.0. The van der Waals surface area contributed by atoms with Gasteiger partial charge >= 0.3 is 0 Å². The van der Waals surface area contributed by atoms with E-state index < -0.39 is 0 Å². The number of benzene rings is 1. The fraction of sp³-hybridized carbons (Fsp3) is 0.375. The van der Waals surface area contributed by atoms with Gasteiger partial charge in [-0.25, -0.2) is 0 Å². The number of hydrogen-bond acceptors (Lipinski definition) is 3. The molecule has 102 valence electrons. The molecule has 0 spiro atoms. The molecule has 0 aliphatic heterocycles. The van der Waals surface area contributed by atoms with E-state index in [0.29, 0.717) is 6.61 Å². The number of likely N-dealkylation sites (N-methyl/N-ethyl adjacent to an activating group) is 1. The van der Waals surface area contributed by atoms with Crippen molar-refractivity contribution in [3.05, 3.63) is 54.0 Å². The molecule has 2 aromatic rings. The molecule has 2 rings (SSSR count). The second-order valence-corrected chi connectivity index (χ2v) is 4.40. The predicted octanol–water partition coefficient (Wildman–Crippen LogP) is 3.57. The van der Waals surface area contributed by atoms with E-state index in [1.807, 2.05) is 31.2 Å². The summed E-state index contributed by atoms with van der Waals surface area (Å²) in [6, 6.07) is 12.4. The molecule has 0 bridgehead atoms. The molecular formula is C16H21NO2. The summed E-state index contributed by atoms with van der Waals surface area (Å²) in [6.45, 7) is 5.72. The molecule has 0 amide bonds. The molecule has 3 heteroatoms. The summed E-state index contributed by atoms with van der Waals surface area (Å²) in [4.78, 5) is 0. The largest absolute Gasteiger partial charge is 0.494 e. The van der Waals surface area contributed by atoms with Gasteiger partial charge < -0.3 is 14.5 Å². The highest BCUT2D eigenvalue weighted by atomic mass is 16.5. The Hall–Kier alpha value is -1.74. The highest BCUT2D eigenvalue weighted by molar-refractivity contribution is 5.31. The van der Waals surface area contributed by atoms with E-state index in [9.17, 15) is 0 Å². The van der Waals surface area contributed by atoms with Crippen LogP contribution in [0.4, 0.5) is 0 Å². The topological polar surface area (TPSA) is 34.4 Å². The van der Waals surface area contributed by atoms with Crippen LogP contribution in [-0.2, 0) is 6.42 Å². The first-order chi connectivity index (χ1) is 9.33. The van der Waals surface area contributed by atoms with Crippen molar-refractivity contribution in [3.63, 3.8) is 0 Å². The van der Waals surface area contributed by atoms with E-state index in [4.69, 9.17) is 9.15 Å². The van der Waals surface area contributed by atoms with E-state index in [-0.39, 0.29) is 6.04 Å². The van der Waals surface area contributed by atoms with Crippen molar-refractivity contribution < 1.29 is 9.15 Å². The van der Waals surface area contributed by atoms with Crippen molar-refractivity contribution in [1.29, 1.82) is 0 Å². The van der Waals surface area contributed by atoms with Crippen molar-refractivity contribution in [1.82, 2.24) is 5.32 Å². The third-order valence-electron chi connectivity index (χ3n) is 3.01. The highest BCUT2D eigenvalue weighted by Gasteiger charge is 2.13. The maximum atomic E-state index is 5.56. The molecule has 1 atom stereocenters. The molecule has 1 N–H and O–H groups in total.